The van der Waals surface area contributed by atoms with Crippen LogP contribution in [0.4, 0.5) is 0 Å². The lowest BCUT2D eigenvalue weighted by Gasteiger charge is -2.07. The molecule has 0 aliphatic rings. The van der Waals surface area contributed by atoms with Crippen molar-refractivity contribution < 1.29 is 19.1 Å². The Bertz CT molecular complexity index is 390. The van der Waals surface area contributed by atoms with E-state index in [1.807, 2.05) is 0 Å². The maximum absolute atomic E-state index is 10.6. The van der Waals surface area contributed by atoms with Gasteiger partial charge in [0.2, 0.25) is 6.29 Å². The van der Waals surface area contributed by atoms with Gasteiger partial charge in [0.15, 0.2) is 0 Å². The van der Waals surface area contributed by atoms with Gasteiger partial charge in [0, 0.05) is 6.61 Å². The zero-order valence-electron chi connectivity index (χ0n) is 21.2. The van der Waals surface area contributed by atoms with E-state index in [4.69, 9.17) is 9.47 Å². The molecule has 0 aliphatic heterocycles. The average Bonchev–Trinajstić information content (AvgIpc) is 2.81. The fourth-order valence-electron chi connectivity index (χ4n) is 3.88. The van der Waals surface area contributed by atoms with Crippen LogP contribution in [0.3, 0.4) is 0 Å². The van der Waals surface area contributed by atoms with Gasteiger partial charge >= 0.3 is 5.97 Å². The molecule has 0 fully saturated rings. The normalized spacial score (nSPS) is 11.0. The van der Waals surface area contributed by atoms with Crippen molar-refractivity contribution in [1.82, 2.24) is 5.32 Å². The number of hydrogen-bond donors (Lipinski definition) is 1. The summed E-state index contributed by atoms with van der Waals surface area (Å²) in [6.45, 7) is 5.06. The van der Waals surface area contributed by atoms with Crippen LogP contribution in [0.25, 0.3) is 0 Å². The minimum absolute atomic E-state index is 0.209. The first-order chi connectivity index (χ1) is 15.8. The summed E-state index contributed by atoms with van der Waals surface area (Å²) in [4.78, 5) is 20.7. The first-order valence-corrected chi connectivity index (χ1v) is 13.7. The average molecular weight is 456 g/mol. The summed E-state index contributed by atoms with van der Waals surface area (Å²) in [5.41, 5.74) is 0. The number of unbranched alkanes of at least 4 members (excludes halogenated alkanes) is 18. The zero-order chi connectivity index (χ0) is 23.4. The van der Waals surface area contributed by atoms with E-state index in [0.29, 0.717) is 13.3 Å². The molecule has 0 atom stereocenters. The quantitative estimate of drug-likeness (QED) is 0.0470. The highest BCUT2D eigenvalue weighted by Crippen LogP contribution is 2.13. The van der Waals surface area contributed by atoms with E-state index in [-0.39, 0.29) is 6.29 Å². The molecule has 5 nitrogen and oxygen atoms in total. The number of hydrogen-bond acceptors (Lipinski definition) is 5. The van der Waals surface area contributed by atoms with Crippen molar-refractivity contribution in [1.29, 1.82) is 0 Å². The molecule has 1 N–H and O–H groups in total. The van der Waals surface area contributed by atoms with E-state index in [1.165, 1.54) is 103 Å². The number of carbonyl (C=O) groups is 2. The Morgan fingerprint density at radius 1 is 0.625 bits per heavy atom. The van der Waals surface area contributed by atoms with Gasteiger partial charge in [0.25, 0.3) is 0 Å². The Labute approximate surface area is 198 Å². The van der Waals surface area contributed by atoms with E-state index in [9.17, 15) is 9.59 Å². The topological polar surface area (TPSA) is 64.6 Å². The van der Waals surface area contributed by atoms with Crippen LogP contribution in [-0.4, -0.2) is 38.7 Å². The molecule has 0 unspecified atom stereocenters. The van der Waals surface area contributed by atoms with E-state index < -0.39 is 5.97 Å². The molecule has 0 aliphatic carbocycles. The fraction of sp³-hybridized carbons (Fsp3) is 0.926. The van der Waals surface area contributed by atoms with Gasteiger partial charge in [0.05, 0.1) is 13.3 Å². The van der Waals surface area contributed by atoms with Gasteiger partial charge in [-0.3, -0.25) is 10.1 Å². The molecule has 0 radical (unpaired) electrons. The third-order valence-electron chi connectivity index (χ3n) is 5.93. The van der Waals surface area contributed by atoms with Gasteiger partial charge in [-0.15, -0.1) is 0 Å². The smallest absolute Gasteiger partial charge is 0.371 e. The number of nitrogens with one attached hydrogen (secondary N) is 1. The second kappa shape index (κ2) is 28.1. The lowest BCUT2D eigenvalue weighted by atomic mass is 10.0. The van der Waals surface area contributed by atoms with E-state index in [0.717, 1.165) is 38.8 Å². The van der Waals surface area contributed by atoms with Crippen LogP contribution < -0.4 is 5.32 Å². The Morgan fingerprint density at radius 3 is 1.56 bits per heavy atom. The highest BCUT2D eigenvalue weighted by Gasteiger charge is 1.98. The summed E-state index contributed by atoms with van der Waals surface area (Å²) in [5.74, 6) is -0.774. The van der Waals surface area contributed by atoms with Gasteiger partial charge in [0.1, 0.15) is 0 Å². The molecule has 0 aromatic rings. The van der Waals surface area contributed by atoms with E-state index in [2.05, 4.69) is 12.2 Å². The van der Waals surface area contributed by atoms with Crippen molar-refractivity contribution in [2.75, 3.05) is 26.5 Å². The molecule has 5 heteroatoms. The number of rotatable bonds is 27. The van der Waals surface area contributed by atoms with Crippen LogP contribution in [0.1, 0.15) is 135 Å². The van der Waals surface area contributed by atoms with Crippen molar-refractivity contribution in [3.05, 3.63) is 0 Å². The van der Waals surface area contributed by atoms with Crippen LogP contribution in [0, 0.1) is 0 Å². The minimum Gasteiger partial charge on any atom is -0.460 e. The lowest BCUT2D eigenvalue weighted by Crippen LogP contribution is -2.19. The highest BCUT2D eigenvalue weighted by atomic mass is 16.5. The molecule has 0 aromatic heterocycles. The third-order valence-corrected chi connectivity index (χ3v) is 5.93. The molecular formula is C27H53NO4. The van der Waals surface area contributed by atoms with Gasteiger partial charge in [-0.05, 0) is 32.2 Å². The third kappa shape index (κ3) is 27.1. The minimum atomic E-state index is -0.774. The molecule has 0 heterocycles. The molecule has 0 saturated heterocycles. The van der Waals surface area contributed by atoms with Crippen LogP contribution in [0.2, 0.25) is 0 Å². The molecule has 0 amide bonds. The highest BCUT2D eigenvalue weighted by molar-refractivity contribution is 6.20. The largest absolute Gasteiger partial charge is 0.460 e. The van der Waals surface area contributed by atoms with Crippen molar-refractivity contribution in [3.63, 3.8) is 0 Å². The van der Waals surface area contributed by atoms with Gasteiger partial charge < -0.3 is 9.47 Å². The monoisotopic (exact) mass is 455 g/mol. The Kier molecular flexibility index (Phi) is 27.3. The fourth-order valence-corrected chi connectivity index (χ4v) is 3.88. The van der Waals surface area contributed by atoms with E-state index in [1.54, 1.807) is 0 Å². The van der Waals surface area contributed by atoms with Crippen molar-refractivity contribution in [2.24, 2.45) is 0 Å². The van der Waals surface area contributed by atoms with Crippen molar-refractivity contribution in [3.8, 4) is 0 Å². The summed E-state index contributed by atoms with van der Waals surface area (Å²) in [6.07, 6.45) is 26.5. The zero-order valence-corrected chi connectivity index (χ0v) is 21.2. The molecule has 0 bridgehead atoms. The lowest BCUT2D eigenvalue weighted by molar-refractivity contribution is -0.148. The van der Waals surface area contributed by atoms with Gasteiger partial charge in [-0.1, -0.05) is 110 Å². The predicted octanol–water partition coefficient (Wildman–Crippen LogP) is 7.11. The molecule has 0 spiro atoms. The summed E-state index contributed by atoms with van der Waals surface area (Å²) < 4.78 is 10.3. The first kappa shape index (κ1) is 31.1. The summed E-state index contributed by atoms with van der Waals surface area (Å²) in [6, 6.07) is 0. The number of carbonyl (C=O) groups excluding carboxylic acids is 2. The summed E-state index contributed by atoms with van der Waals surface area (Å²) in [5, 5.41) is 3.35. The van der Waals surface area contributed by atoms with E-state index >= 15 is 0 Å². The number of esters is 1. The second-order valence-electron chi connectivity index (χ2n) is 9.06. The summed E-state index contributed by atoms with van der Waals surface area (Å²) >= 11 is 0. The molecule has 32 heavy (non-hydrogen) atoms. The van der Waals surface area contributed by atoms with Gasteiger partial charge in [-0.25, -0.2) is 4.79 Å². The first-order valence-electron chi connectivity index (χ1n) is 13.7. The second-order valence-corrected chi connectivity index (χ2v) is 9.06. The van der Waals surface area contributed by atoms with Crippen LogP contribution in [0.15, 0.2) is 0 Å². The van der Waals surface area contributed by atoms with Crippen LogP contribution >= 0.6 is 0 Å². The molecular weight excluding hydrogens is 402 g/mol. The Morgan fingerprint density at radius 2 is 1.06 bits per heavy atom. The van der Waals surface area contributed by atoms with Crippen LogP contribution in [-0.2, 0) is 19.1 Å². The maximum Gasteiger partial charge on any atom is 0.371 e. The Hall–Kier alpha value is -0.940. The molecule has 190 valence electrons. The van der Waals surface area contributed by atoms with Crippen molar-refractivity contribution >= 4 is 12.3 Å². The molecule has 0 aromatic carbocycles. The molecule has 0 saturated carbocycles. The van der Waals surface area contributed by atoms with Gasteiger partial charge in [-0.2, -0.15) is 0 Å². The maximum atomic E-state index is 10.6. The van der Waals surface area contributed by atoms with Crippen molar-refractivity contribution in [2.45, 2.75) is 135 Å². The predicted molar refractivity (Wildman–Crippen MR) is 134 cm³/mol. The standard InChI is InChI=1S/C27H53NO4/c1-2-3-4-5-6-7-8-9-10-11-12-13-14-15-16-19-22-28-26-31-23-20-17-18-21-24-32-27(30)25-29/h25,28H,2-24,26H2,1H3. The SMILES string of the molecule is CCCCCCCCCCCCCCCCCCNCOCCCCCCOC(=O)C=O. The van der Waals surface area contributed by atoms with Crippen LogP contribution in [0.5, 0.6) is 0 Å². The summed E-state index contributed by atoms with van der Waals surface area (Å²) in [7, 11) is 0. The number of aldehydes is 1. The Balaban J connectivity index is 3.02. The number of ether oxygens (including phenoxy) is 2. The molecule has 0 rings (SSSR count).